The minimum Gasteiger partial charge on any atom is -0.454 e. The Hall–Kier alpha value is -0.970. The van der Waals surface area contributed by atoms with E-state index in [-0.39, 0.29) is 12.9 Å². The largest absolute Gasteiger partial charge is 0.454 e. The summed E-state index contributed by atoms with van der Waals surface area (Å²) in [6, 6.07) is 3.54. The smallest absolute Gasteiger partial charge is 0.231 e. The second kappa shape index (κ2) is 3.80. The molecular weight excluding hydrogens is 232 g/mol. The summed E-state index contributed by atoms with van der Waals surface area (Å²) in [5.41, 5.74) is 0.787. The normalized spacial score (nSPS) is 27.4. The van der Waals surface area contributed by atoms with Crippen molar-refractivity contribution in [3.05, 3.63) is 22.7 Å². The van der Waals surface area contributed by atoms with Crippen LogP contribution >= 0.6 is 11.6 Å². The van der Waals surface area contributed by atoms with Crippen molar-refractivity contribution in [3.8, 4) is 11.5 Å². The summed E-state index contributed by atoms with van der Waals surface area (Å²) in [6.07, 6.45) is -0.316. The summed E-state index contributed by atoms with van der Waals surface area (Å²) in [6.45, 7) is 2.77. The summed E-state index contributed by atoms with van der Waals surface area (Å²) in [5.74, 6) is 1.35. The zero-order chi connectivity index (χ0) is 11.1. The predicted octanol–water partition coefficient (Wildman–Crippen LogP) is 2.50. The number of benzene rings is 1. The molecule has 2 heterocycles. The van der Waals surface area contributed by atoms with Gasteiger partial charge in [0, 0.05) is 11.6 Å². The number of ether oxygens (including phenoxy) is 4. The van der Waals surface area contributed by atoms with Crippen LogP contribution in [0.2, 0.25) is 5.02 Å². The van der Waals surface area contributed by atoms with E-state index in [0.29, 0.717) is 23.1 Å². The molecule has 2 aliphatic rings. The van der Waals surface area contributed by atoms with E-state index in [9.17, 15) is 0 Å². The van der Waals surface area contributed by atoms with Crippen LogP contribution in [-0.2, 0) is 9.47 Å². The molecule has 0 aliphatic carbocycles. The molecule has 1 aromatic carbocycles. The number of fused-ring (bicyclic) bond motifs is 1. The monoisotopic (exact) mass is 242 g/mol. The highest BCUT2D eigenvalue weighted by Crippen LogP contribution is 2.41. The predicted molar refractivity (Wildman–Crippen MR) is 56.8 cm³/mol. The maximum absolute atomic E-state index is 6.14. The minimum absolute atomic E-state index is 0.0893. The van der Waals surface area contributed by atoms with Crippen LogP contribution in [0.5, 0.6) is 11.5 Å². The Kier molecular flexibility index (Phi) is 2.42. The zero-order valence-electron chi connectivity index (χ0n) is 8.73. The molecule has 16 heavy (non-hydrogen) atoms. The van der Waals surface area contributed by atoms with Crippen LogP contribution in [0.25, 0.3) is 0 Å². The van der Waals surface area contributed by atoms with Gasteiger partial charge in [0.2, 0.25) is 6.79 Å². The topological polar surface area (TPSA) is 36.9 Å². The number of rotatable bonds is 1. The highest BCUT2D eigenvalue weighted by Gasteiger charge is 2.28. The molecule has 1 aromatic rings. The fraction of sp³-hybridized carbons (Fsp3) is 0.455. The second-order valence-corrected chi connectivity index (χ2v) is 4.25. The van der Waals surface area contributed by atoms with E-state index < -0.39 is 6.29 Å². The van der Waals surface area contributed by atoms with Gasteiger partial charge in [-0.15, -0.1) is 0 Å². The molecule has 2 aliphatic heterocycles. The summed E-state index contributed by atoms with van der Waals surface area (Å²) >= 11 is 6.14. The van der Waals surface area contributed by atoms with E-state index in [0.717, 1.165) is 5.56 Å². The standard InChI is InChI=1S/C11H11ClO4/c1-6-4-13-11(16-6)7-2-9-10(3-8(7)12)15-5-14-9/h2-3,6,11H,4-5H2,1H3/t6-,11+/m1/s1. The maximum Gasteiger partial charge on any atom is 0.231 e. The van der Waals surface area contributed by atoms with Crippen LogP contribution < -0.4 is 9.47 Å². The van der Waals surface area contributed by atoms with Crippen LogP contribution in [0.3, 0.4) is 0 Å². The third-order valence-corrected chi connectivity index (χ3v) is 2.91. The van der Waals surface area contributed by atoms with E-state index in [4.69, 9.17) is 30.5 Å². The lowest BCUT2D eigenvalue weighted by Crippen LogP contribution is -2.03. The molecule has 4 nitrogen and oxygen atoms in total. The second-order valence-electron chi connectivity index (χ2n) is 3.84. The number of halogens is 1. The highest BCUT2D eigenvalue weighted by molar-refractivity contribution is 6.31. The van der Waals surface area contributed by atoms with E-state index in [1.54, 1.807) is 6.07 Å². The van der Waals surface area contributed by atoms with Gasteiger partial charge in [-0.25, -0.2) is 0 Å². The van der Waals surface area contributed by atoms with Gasteiger partial charge in [-0.05, 0) is 13.0 Å². The lowest BCUT2D eigenvalue weighted by Gasteiger charge is -2.12. The van der Waals surface area contributed by atoms with Crippen LogP contribution in [0, 0.1) is 0 Å². The van der Waals surface area contributed by atoms with Crippen molar-refractivity contribution in [2.45, 2.75) is 19.3 Å². The van der Waals surface area contributed by atoms with Gasteiger partial charge in [0.25, 0.3) is 0 Å². The Morgan fingerprint density at radius 2 is 2.00 bits per heavy atom. The average molecular weight is 243 g/mol. The van der Waals surface area contributed by atoms with E-state index in [2.05, 4.69) is 0 Å². The summed E-state index contributed by atoms with van der Waals surface area (Å²) < 4.78 is 21.6. The average Bonchev–Trinajstić information content (AvgIpc) is 2.84. The molecule has 0 unspecified atom stereocenters. The van der Waals surface area contributed by atoms with Gasteiger partial charge in [0.05, 0.1) is 17.7 Å². The van der Waals surface area contributed by atoms with Crippen molar-refractivity contribution in [1.29, 1.82) is 0 Å². The van der Waals surface area contributed by atoms with E-state index >= 15 is 0 Å². The lowest BCUT2D eigenvalue weighted by molar-refractivity contribution is -0.0572. The highest BCUT2D eigenvalue weighted by atomic mass is 35.5. The summed E-state index contributed by atoms with van der Waals surface area (Å²) in [7, 11) is 0. The fourth-order valence-corrected chi connectivity index (χ4v) is 2.03. The molecule has 0 N–H and O–H groups in total. The van der Waals surface area contributed by atoms with Gasteiger partial charge in [-0.3, -0.25) is 0 Å². The fourth-order valence-electron chi connectivity index (χ4n) is 1.79. The Bertz CT molecular complexity index is 421. The van der Waals surface area contributed by atoms with Gasteiger partial charge < -0.3 is 18.9 Å². The van der Waals surface area contributed by atoms with Crippen molar-refractivity contribution in [3.63, 3.8) is 0 Å². The molecule has 2 atom stereocenters. The van der Waals surface area contributed by atoms with Crippen molar-refractivity contribution in [2.24, 2.45) is 0 Å². The molecule has 5 heteroatoms. The molecular formula is C11H11ClO4. The number of hydrogen-bond acceptors (Lipinski definition) is 4. The Morgan fingerprint density at radius 3 is 2.69 bits per heavy atom. The third-order valence-electron chi connectivity index (χ3n) is 2.58. The summed E-state index contributed by atoms with van der Waals surface area (Å²) in [4.78, 5) is 0. The maximum atomic E-state index is 6.14. The van der Waals surface area contributed by atoms with Crippen molar-refractivity contribution < 1.29 is 18.9 Å². The first-order valence-corrected chi connectivity index (χ1v) is 5.48. The third kappa shape index (κ3) is 1.63. The SMILES string of the molecule is C[C@@H]1CO[C@H](c2cc3c(cc2Cl)OCO3)O1. The summed E-state index contributed by atoms with van der Waals surface area (Å²) in [5, 5.41) is 0.573. The van der Waals surface area contributed by atoms with Crippen LogP contribution in [0.4, 0.5) is 0 Å². The van der Waals surface area contributed by atoms with Crippen LogP contribution in [0.1, 0.15) is 18.8 Å². The first-order chi connectivity index (χ1) is 7.74. The first-order valence-electron chi connectivity index (χ1n) is 5.10. The van der Waals surface area contributed by atoms with E-state index in [1.807, 2.05) is 13.0 Å². The molecule has 0 radical (unpaired) electrons. The van der Waals surface area contributed by atoms with Gasteiger partial charge in [-0.1, -0.05) is 11.6 Å². The lowest BCUT2D eigenvalue weighted by atomic mass is 10.2. The molecule has 1 saturated heterocycles. The molecule has 0 saturated carbocycles. The van der Waals surface area contributed by atoms with Crippen molar-refractivity contribution in [2.75, 3.05) is 13.4 Å². The molecule has 3 rings (SSSR count). The van der Waals surface area contributed by atoms with Gasteiger partial charge in [0.1, 0.15) is 0 Å². The molecule has 0 amide bonds. The zero-order valence-corrected chi connectivity index (χ0v) is 9.49. The number of hydrogen-bond donors (Lipinski definition) is 0. The first kappa shape index (κ1) is 10.2. The quantitative estimate of drug-likeness (QED) is 0.758. The molecule has 0 spiro atoms. The van der Waals surface area contributed by atoms with E-state index in [1.165, 1.54) is 0 Å². The van der Waals surface area contributed by atoms with Crippen molar-refractivity contribution in [1.82, 2.24) is 0 Å². The Labute approximate surface area is 98.0 Å². The van der Waals surface area contributed by atoms with Crippen LogP contribution in [0.15, 0.2) is 12.1 Å². The molecule has 1 fully saturated rings. The van der Waals surface area contributed by atoms with Crippen molar-refractivity contribution >= 4 is 11.6 Å². The Balaban J connectivity index is 1.95. The van der Waals surface area contributed by atoms with Gasteiger partial charge in [-0.2, -0.15) is 0 Å². The minimum atomic E-state index is -0.406. The van der Waals surface area contributed by atoms with Crippen LogP contribution in [-0.4, -0.2) is 19.5 Å². The molecule has 0 aromatic heterocycles. The van der Waals surface area contributed by atoms with Gasteiger partial charge >= 0.3 is 0 Å². The Morgan fingerprint density at radius 1 is 1.25 bits per heavy atom. The molecule has 86 valence electrons. The molecule has 0 bridgehead atoms. The van der Waals surface area contributed by atoms with Gasteiger partial charge in [0.15, 0.2) is 17.8 Å².